The fourth-order valence-corrected chi connectivity index (χ4v) is 8.39. The first-order valence-corrected chi connectivity index (χ1v) is 20.8. The average molecular weight is 815 g/mol. The molecule has 0 atom stereocenters. The predicted octanol–water partition coefficient (Wildman–Crippen LogP) is 14.7. The minimum atomic E-state index is -3.18. The van der Waals surface area contributed by atoms with Gasteiger partial charge in [-0.3, -0.25) is 0 Å². The number of hydrogen-bond acceptors (Lipinski definition) is 4. The van der Waals surface area contributed by atoms with Gasteiger partial charge in [-0.15, -0.1) is 0 Å². The van der Waals surface area contributed by atoms with Crippen molar-refractivity contribution in [2.75, 3.05) is 0 Å². The zero-order valence-electron chi connectivity index (χ0n) is 33.8. The van der Waals surface area contributed by atoms with Gasteiger partial charge < -0.3 is 0 Å². The molecular weight excluding hydrogens is 779 g/mol. The summed E-state index contributed by atoms with van der Waals surface area (Å²) < 4.78 is 33.1. The molecule has 298 valence electrons. The van der Waals surface area contributed by atoms with Crippen LogP contribution in [0.2, 0.25) is 0 Å². The van der Waals surface area contributed by atoms with Crippen LogP contribution >= 0.6 is 0 Å². The van der Waals surface area contributed by atoms with Gasteiger partial charge >= 0.3 is 0 Å². The SMILES string of the molecule is FC1(F)c2cc(-c3ccc(-c4nc(-c5ccccc5)cc(-c5ccccc5)n4)cc3)ccc2-c2ccc(-c3ccc(-c4nc(-c5ccccc5)cc(-c5ccccc5)n4)cc3)cc21. The van der Waals surface area contributed by atoms with E-state index in [0.29, 0.717) is 33.9 Å². The van der Waals surface area contributed by atoms with E-state index in [0.717, 1.165) is 67.3 Å². The molecule has 0 unspecified atom stereocenters. The maximum absolute atomic E-state index is 16.6. The van der Waals surface area contributed by atoms with E-state index >= 15 is 8.78 Å². The van der Waals surface area contributed by atoms with Crippen molar-refractivity contribution in [3.05, 3.63) is 230 Å². The van der Waals surface area contributed by atoms with E-state index < -0.39 is 5.92 Å². The molecule has 0 amide bonds. The Bertz CT molecular complexity index is 2930. The smallest absolute Gasteiger partial charge is 0.228 e. The first-order valence-electron chi connectivity index (χ1n) is 20.8. The van der Waals surface area contributed by atoms with Crippen molar-refractivity contribution >= 4 is 0 Å². The molecule has 0 saturated heterocycles. The van der Waals surface area contributed by atoms with Crippen LogP contribution in [0.4, 0.5) is 8.78 Å². The van der Waals surface area contributed by atoms with Crippen molar-refractivity contribution in [3.63, 3.8) is 0 Å². The molecule has 11 rings (SSSR count). The van der Waals surface area contributed by atoms with E-state index in [4.69, 9.17) is 19.9 Å². The van der Waals surface area contributed by atoms with Crippen molar-refractivity contribution in [1.82, 2.24) is 19.9 Å². The highest BCUT2D eigenvalue weighted by molar-refractivity contribution is 5.85. The van der Waals surface area contributed by atoms with Crippen LogP contribution < -0.4 is 0 Å². The molecular formula is C57H36F2N4. The lowest BCUT2D eigenvalue weighted by Crippen LogP contribution is -2.11. The minimum Gasteiger partial charge on any atom is -0.228 e. The van der Waals surface area contributed by atoms with Crippen LogP contribution in [-0.2, 0) is 5.92 Å². The molecule has 1 aliphatic carbocycles. The molecule has 0 saturated carbocycles. The summed E-state index contributed by atoms with van der Waals surface area (Å²) in [5.41, 5.74) is 13.1. The number of hydrogen-bond donors (Lipinski definition) is 0. The second-order valence-electron chi connectivity index (χ2n) is 15.6. The number of fused-ring (bicyclic) bond motifs is 3. The molecule has 0 radical (unpaired) electrons. The van der Waals surface area contributed by atoms with Crippen LogP contribution in [0, 0.1) is 0 Å². The van der Waals surface area contributed by atoms with Gasteiger partial charge in [-0.25, -0.2) is 19.9 Å². The Balaban J connectivity index is 0.875. The van der Waals surface area contributed by atoms with E-state index in [1.165, 1.54) is 0 Å². The number of nitrogens with zero attached hydrogens (tertiary/aromatic N) is 4. The van der Waals surface area contributed by atoms with Crippen LogP contribution in [0.15, 0.2) is 218 Å². The van der Waals surface area contributed by atoms with E-state index in [-0.39, 0.29) is 11.1 Å². The molecule has 0 spiro atoms. The quantitative estimate of drug-likeness (QED) is 0.153. The molecule has 1 aliphatic rings. The highest BCUT2D eigenvalue weighted by Gasteiger charge is 2.44. The molecule has 63 heavy (non-hydrogen) atoms. The van der Waals surface area contributed by atoms with Gasteiger partial charge in [-0.2, -0.15) is 8.78 Å². The van der Waals surface area contributed by atoms with Crippen molar-refractivity contribution < 1.29 is 8.78 Å². The van der Waals surface area contributed by atoms with Gasteiger partial charge in [0.05, 0.1) is 22.8 Å². The van der Waals surface area contributed by atoms with Crippen molar-refractivity contribution in [2.45, 2.75) is 5.92 Å². The zero-order chi connectivity index (χ0) is 42.3. The van der Waals surface area contributed by atoms with Gasteiger partial charge in [0.15, 0.2) is 11.6 Å². The molecule has 4 nitrogen and oxygen atoms in total. The Morgan fingerprint density at radius 2 is 0.524 bits per heavy atom. The predicted molar refractivity (Wildman–Crippen MR) is 250 cm³/mol. The van der Waals surface area contributed by atoms with Gasteiger partial charge in [0.25, 0.3) is 5.92 Å². The van der Waals surface area contributed by atoms with E-state index in [1.54, 1.807) is 12.1 Å². The summed E-state index contributed by atoms with van der Waals surface area (Å²) in [7, 11) is 0. The molecule has 2 aromatic heterocycles. The Morgan fingerprint density at radius 1 is 0.254 bits per heavy atom. The van der Waals surface area contributed by atoms with Crippen molar-refractivity contribution in [3.8, 4) is 101 Å². The summed E-state index contributed by atoms with van der Waals surface area (Å²) in [6, 6.07) is 70.6. The number of alkyl halides is 2. The van der Waals surface area contributed by atoms with E-state index in [1.807, 2.05) is 206 Å². The molecule has 10 aromatic rings. The highest BCUT2D eigenvalue weighted by Crippen LogP contribution is 2.53. The number of benzene rings is 8. The van der Waals surface area contributed by atoms with Crippen LogP contribution in [0.3, 0.4) is 0 Å². The van der Waals surface area contributed by atoms with E-state index in [9.17, 15) is 0 Å². The first-order chi connectivity index (χ1) is 30.9. The largest absolute Gasteiger partial charge is 0.299 e. The lowest BCUT2D eigenvalue weighted by Gasteiger charge is -2.15. The van der Waals surface area contributed by atoms with Crippen LogP contribution in [0.1, 0.15) is 11.1 Å². The normalized spacial score (nSPS) is 12.4. The topological polar surface area (TPSA) is 51.6 Å². The average Bonchev–Trinajstić information content (AvgIpc) is 3.59. The van der Waals surface area contributed by atoms with Crippen molar-refractivity contribution in [2.24, 2.45) is 0 Å². The Hall–Kier alpha value is -8.22. The second-order valence-corrected chi connectivity index (χ2v) is 15.6. The molecule has 0 aliphatic heterocycles. The molecule has 0 N–H and O–H groups in total. The fraction of sp³-hybridized carbons (Fsp3) is 0.0175. The molecule has 6 heteroatoms. The summed E-state index contributed by atoms with van der Waals surface area (Å²) in [4.78, 5) is 19.8. The first kappa shape index (κ1) is 37.8. The molecule has 0 bridgehead atoms. The Morgan fingerprint density at radius 3 is 0.825 bits per heavy atom. The number of rotatable bonds is 8. The van der Waals surface area contributed by atoms with Crippen molar-refractivity contribution in [1.29, 1.82) is 0 Å². The van der Waals surface area contributed by atoms with E-state index in [2.05, 4.69) is 0 Å². The molecule has 0 fully saturated rings. The summed E-state index contributed by atoms with van der Waals surface area (Å²) in [5, 5.41) is 0. The number of halogens is 2. The van der Waals surface area contributed by atoms with Gasteiger partial charge in [0.2, 0.25) is 0 Å². The minimum absolute atomic E-state index is 0.00244. The summed E-state index contributed by atoms with van der Waals surface area (Å²) in [5.74, 6) is -2.01. The van der Waals surface area contributed by atoms with Gasteiger partial charge in [0.1, 0.15) is 0 Å². The third kappa shape index (κ3) is 7.17. The maximum Gasteiger partial charge on any atom is 0.299 e. The summed E-state index contributed by atoms with van der Waals surface area (Å²) in [6.07, 6.45) is 0. The lowest BCUT2D eigenvalue weighted by molar-refractivity contribution is 0.0481. The van der Waals surface area contributed by atoms with Gasteiger partial charge in [-0.1, -0.05) is 194 Å². The van der Waals surface area contributed by atoms with Gasteiger partial charge in [-0.05, 0) is 57.6 Å². The third-order valence-electron chi connectivity index (χ3n) is 11.7. The number of aromatic nitrogens is 4. The third-order valence-corrected chi connectivity index (χ3v) is 11.7. The van der Waals surface area contributed by atoms with Crippen LogP contribution in [0.25, 0.3) is 101 Å². The lowest BCUT2D eigenvalue weighted by atomic mass is 9.97. The zero-order valence-corrected chi connectivity index (χ0v) is 33.8. The second kappa shape index (κ2) is 15.7. The fourth-order valence-electron chi connectivity index (χ4n) is 8.39. The Kier molecular flexibility index (Phi) is 9.39. The summed E-state index contributed by atoms with van der Waals surface area (Å²) in [6.45, 7) is 0. The standard InChI is InChI=1S/C57H36F2N4/c58-57(59)49-33-45(37-21-25-43(26-22-37)55-60-51(39-13-5-1-6-14-39)35-52(61-55)40-15-7-2-8-16-40)29-31-47(49)48-32-30-46(34-50(48)57)38-23-27-44(28-24-38)56-62-53(41-17-9-3-10-18-41)36-54(63-56)42-19-11-4-12-20-42/h1-36H. The maximum atomic E-state index is 16.6. The van der Waals surface area contributed by atoms with Crippen LogP contribution in [0.5, 0.6) is 0 Å². The molecule has 8 aromatic carbocycles. The van der Waals surface area contributed by atoms with Crippen LogP contribution in [-0.4, -0.2) is 19.9 Å². The highest BCUT2D eigenvalue weighted by atomic mass is 19.3. The van der Waals surface area contributed by atoms with Gasteiger partial charge in [0, 0.05) is 44.5 Å². The Labute approximate surface area is 364 Å². The monoisotopic (exact) mass is 814 g/mol. The summed E-state index contributed by atoms with van der Waals surface area (Å²) >= 11 is 0. The molecule has 2 heterocycles.